The third-order valence-electron chi connectivity index (χ3n) is 7.86. The predicted octanol–water partition coefficient (Wildman–Crippen LogP) is 3.26. The fraction of sp³-hybridized carbons (Fsp3) is 0.556. The quantitative estimate of drug-likeness (QED) is 0.515. The summed E-state index contributed by atoms with van der Waals surface area (Å²) in [6.07, 6.45) is 0.703. The van der Waals surface area contributed by atoms with Gasteiger partial charge in [-0.2, -0.15) is 0 Å². The molecule has 6 nitrogen and oxygen atoms in total. The Morgan fingerprint density at radius 3 is 2.32 bits per heavy atom. The van der Waals surface area contributed by atoms with Gasteiger partial charge in [-0.05, 0) is 54.0 Å². The van der Waals surface area contributed by atoms with E-state index in [-0.39, 0.29) is 5.60 Å². The molecule has 0 radical (unpaired) electrons. The zero-order valence-corrected chi connectivity index (χ0v) is 19.9. The molecule has 0 amide bonds. The Hall–Kier alpha value is -1.51. The second-order valence-electron chi connectivity index (χ2n) is 10.1. The first-order valence-corrected chi connectivity index (χ1v) is 12.6. The lowest BCUT2D eigenvalue weighted by atomic mass is 9.87. The van der Waals surface area contributed by atoms with Crippen molar-refractivity contribution < 1.29 is 29.9 Å². The lowest BCUT2D eigenvalue weighted by Gasteiger charge is -2.40. The third kappa shape index (κ3) is 4.65. The fourth-order valence-corrected chi connectivity index (χ4v) is 6.02. The third-order valence-corrected chi connectivity index (χ3v) is 8.23. The summed E-state index contributed by atoms with van der Waals surface area (Å²) >= 11 is 6.48. The van der Waals surface area contributed by atoms with Gasteiger partial charge < -0.3 is 29.9 Å². The lowest BCUT2D eigenvalue weighted by Crippen LogP contribution is -2.55. The van der Waals surface area contributed by atoms with E-state index in [0.717, 1.165) is 24.2 Å². The van der Waals surface area contributed by atoms with Gasteiger partial charge in [0.25, 0.3) is 0 Å². The van der Waals surface area contributed by atoms with Crippen molar-refractivity contribution in [1.82, 2.24) is 0 Å². The van der Waals surface area contributed by atoms with Crippen LogP contribution in [-0.4, -0.2) is 63.7 Å². The summed E-state index contributed by atoms with van der Waals surface area (Å²) < 4.78 is 11.9. The van der Waals surface area contributed by atoms with E-state index in [2.05, 4.69) is 24.3 Å². The van der Waals surface area contributed by atoms with Gasteiger partial charge >= 0.3 is 0 Å². The van der Waals surface area contributed by atoms with Crippen LogP contribution in [0.1, 0.15) is 66.4 Å². The second-order valence-corrected chi connectivity index (χ2v) is 10.5. The number of aliphatic hydroxyl groups is 4. The van der Waals surface area contributed by atoms with E-state index in [1.54, 1.807) is 12.1 Å². The topological polar surface area (TPSA) is 99.4 Å². The SMILES string of the molecule is OC[C@H]1OC(c2ccc(Cl)c(Cc3ccc(C4COC5(CCCC5)C4)cc3)c2)[C@H](O)[C@@H](O)[C@@H]1O. The lowest BCUT2D eigenvalue weighted by molar-refractivity contribution is -0.231. The van der Waals surface area contributed by atoms with E-state index >= 15 is 0 Å². The normalized spacial score (nSPS) is 33.0. The van der Waals surface area contributed by atoms with Crippen LogP contribution >= 0.6 is 11.6 Å². The molecule has 6 atom stereocenters. The number of hydrogen-bond donors (Lipinski definition) is 4. The highest BCUT2D eigenvalue weighted by Crippen LogP contribution is 2.46. The van der Waals surface area contributed by atoms with Crippen LogP contribution in [0.4, 0.5) is 0 Å². The van der Waals surface area contributed by atoms with Crippen molar-refractivity contribution in [2.75, 3.05) is 13.2 Å². The van der Waals surface area contributed by atoms with Crippen molar-refractivity contribution in [3.05, 3.63) is 69.7 Å². The molecule has 3 aliphatic rings. The average molecular weight is 489 g/mol. The minimum Gasteiger partial charge on any atom is -0.394 e. The molecule has 184 valence electrons. The van der Waals surface area contributed by atoms with E-state index in [0.29, 0.717) is 22.9 Å². The molecule has 3 fully saturated rings. The number of rotatable bonds is 5. The summed E-state index contributed by atoms with van der Waals surface area (Å²) in [4.78, 5) is 0. The maximum Gasteiger partial charge on any atom is 0.113 e. The number of benzene rings is 2. The minimum absolute atomic E-state index is 0.113. The van der Waals surface area contributed by atoms with E-state index in [9.17, 15) is 20.4 Å². The molecule has 5 rings (SSSR count). The molecule has 1 spiro atoms. The van der Waals surface area contributed by atoms with Crippen molar-refractivity contribution in [2.45, 2.75) is 80.6 Å². The summed E-state index contributed by atoms with van der Waals surface area (Å²) in [7, 11) is 0. The number of aliphatic hydroxyl groups excluding tert-OH is 4. The number of halogens is 1. The van der Waals surface area contributed by atoms with Gasteiger partial charge in [0.05, 0.1) is 18.8 Å². The summed E-state index contributed by atoms with van der Waals surface area (Å²) in [5.74, 6) is 0.449. The zero-order valence-electron chi connectivity index (χ0n) is 19.1. The molecule has 1 saturated carbocycles. The molecule has 2 saturated heterocycles. The Labute approximate surface area is 205 Å². The van der Waals surface area contributed by atoms with Crippen molar-refractivity contribution in [1.29, 1.82) is 0 Å². The summed E-state index contributed by atoms with van der Waals surface area (Å²) in [6, 6.07) is 14.0. The van der Waals surface area contributed by atoms with Gasteiger partial charge in [0.2, 0.25) is 0 Å². The smallest absolute Gasteiger partial charge is 0.113 e. The van der Waals surface area contributed by atoms with E-state index in [1.165, 1.54) is 31.2 Å². The van der Waals surface area contributed by atoms with Gasteiger partial charge in [0.1, 0.15) is 30.5 Å². The molecular weight excluding hydrogens is 456 g/mol. The minimum atomic E-state index is -1.41. The van der Waals surface area contributed by atoms with Gasteiger partial charge in [0, 0.05) is 10.9 Å². The van der Waals surface area contributed by atoms with Crippen LogP contribution in [0.15, 0.2) is 42.5 Å². The van der Waals surface area contributed by atoms with E-state index in [4.69, 9.17) is 21.1 Å². The second kappa shape index (κ2) is 9.86. The largest absolute Gasteiger partial charge is 0.394 e. The van der Waals surface area contributed by atoms with Crippen molar-refractivity contribution >= 4 is 11.6 Å². The predicted molar refractivity (Wildman–Crippen MR) is 128 cm³/mol. The van der Waals surface area contributed by atoms with Crippen LogP contribution in [0.2, 0.25) is 5.02 Å². The molecular formula is C27H33ClO6. The molecule has 0 bridgehead atoms. The molecule has 2 heterocycles. The molecule has 2 aromatic rings. The van der Waals surface area contributed by atoms with Crippen LogP contribution in [0.25, 0.3) is 0 Å². The average Bonchev–Trinajstić information content (AvgIpc) is 3.49. The van der Waals surface area contributed by atoms with Gasteiger partial charge in [-0.1, -0.05) is 60.8 Å². The van der Waals surface area contributed by atoms with Gasteiger partial charge in [-0.3, -0.25) is 0 Å². The summed E-state index contributed by atoms with van der Waals surface area (Å²) in [6.45, 7) is 0.341. The zero-order chi connectivity index (χ0) is 23.9. The molecule has 2 aliphatic heterocycles. The monoisotopic (exact) mass is 488 g/mol. The standard InChI is InChI=1S/C27H33ClO6/c28-21-8-7-18(26-25(32)24(31)23(30)22(14-29)34-26)12-19(21)11-16-3-5-17(6-4-16)20-13-27(33-15-20)9-1-2-10-27/h3-8,12,20,22-26,29-32H,1-2,9-11,13-15H2/t20?,22-,23-,24+,25-,26?/m1/s1. The first kappa shape index (κ1) is 24.2. The van der Waals surface area contributed by atoms with Gasteiger partial charge in [0.15, 0.2) is 0 Å². The molecule has 7 heteroatoms. The molecule has 2 unspecified atom stereocenters. The van der Waals surface area contributed by atoms with Crippen LogP contribution < -0.4 is 0 Å². The maximum absolute atomic E-state index is 10.5. The van der Waals surface area contributed by atoms with E-state index in [1.807, 2.05) is 6.07 Å². The first-order valence-electron chi connectivity index (χ1n) is 12.2. The first-order chi connectivity index (χ1) is 16.4. The Kier molecular flexibility index (Phi) is 7.02. The van der Waals surface area contributed by atoms with Gasteiger partial charge in [-0.25, -0.2) is 0 Å². The molecule has 34 heavy (non-hydrogen) atoms. The Morgan fingerprint density at radius 1 is 0.912 bits per heavy atom. The highest BCUT2D eigenvalue weighted by molar-refractivity contribution is 6.31. The molecule has 2 aromatic carbocycles. The van der Waals surface area contributed by atoms with Crippen LogP contribution in [0, 0.1) is 0 Å². The van der Waals surface area contributed by atoms with Crippen LogP contribution in [0.5, 0.6) is 0 Å². The molecule has 4 N–H and O–H groups in total. The van der Waals surface area contributed by atoms with Crippen molar-refractivity contribution in [3.8, 4) is 0 Å². The Balaban J connectivity index is 1.30. The van der Waals surface area contributed by atoms with E-state index < -0.39 is 37.1 Å². The number of hydrogen-bond acceptors (Lipinski definition) is 6. The van der Waals surface area contributed by atoms with Crippen molar-refractivity contribution in [2.24, 2.45) is 0 Å². The summed E-state index contributed by atoms with van der Waals surface area (Å²) in [5, 5.41) is 40.8. The summed E-state index contributed by atoms with van der Waals surface area (Å²) in [5.41, 5.74) is 4.05. The van der Waals surface area contributed by atoms with Crippen LogP contribution in [0.3, 0.4) is 0 Å². The highest BCUT2D eigenvalue weighted by Gasteiger charge is 2.44. The Morgan fingerprint density at radius 2 is 1.62 bits per heavy atom. The van der Waals surface area contributed by atoms with Crippen LogP contribution in [-0.2, 0) is 15.9 Å². The van der Waals surface area contributed by atoms with Gasteiger partial charge in [-0.15, -0.1) is 0 Å². The van der Waals surface area contributed by atoms with Crippen molar-refractivity contribution in [3.63, 3.8) is 0 Å². The number of ether oxygens (including phenoxy) is 2. The maximum atomic E-state index is 10.5. The highest BCUT2D eigenvalue weighted by atomic mass is 35.5. The fourth-order valence-electron chi connectivity index (χ4n) is 5.84. The molecule has 0 aromatic heterocycles. The Bertz CT molecular complexity index is 987. The molecule has 1 aliphatic carbocycles.